The van der Waals surface area contributed by atoms with Crippen LogP contribution in [0, 0.1) is 0 Å². The van der Waals surface area contributed by atoms with Crippen molar-refractivity contribution in [2.45, 2.75) is 6.92 Å². The van der Waals surface area contributed by atoms with Gasteiger partial charge in [0, 0.05) is 19.4 Å². The van der Waals surface area contributed by atoms with E-state index in [0.29, 0.717) is 0 Å². The van der Waals surface area contributed by atoms with Gasteiger partial charge in [0.05, 0.1) is 6.61 Å². The third-order valence-corrected chi connectivity index (χ3v) is 1.14. The highest BCUT2D eigenvalue weighted by Gasteiger charge is 2.06. The smallest absolute Gasteiger partial charge is 0.115 e. The number of nitrogens with zero attached hydrogens (tertiary/aromatic N) is 2. The molecule has 0 aromatic carbocycles. The maximum absolute atomic E-state index is 5.18. The minimum absolute atomic E-state index is 0. The molecule has 0 aliphatic carbocycles. The molecule has 1 aliphatic heterocycles. The molecule has 4 heteroatoms. The highest BCUT2D eigenvalue weighted by Crippen LogP contribution is 2.02. The van der Waals surface area contributed by atoms with Crippen molar-refractivity contribution in [1.82, 2.24) is 9.96 Å². The van der Waals surface area contributed by atoms with E-state index in [-0.39, 0.29) is 12.4 Å². The van der Waals surface area contributed by atoms with Gasteiger partial charge in [0.2, 0.25) is 0 Å². The van der Waals surface area contributed by atoms with Gasteiger partial charge in [0.15, 0.2) is 0 Å². The molecule has 0 spiro atoms. The Bertz CT molecular complexity index is 118. The van der Waals surface area contributed by atoms with Gasteiger partial charge in [0.1, 0.15) is 6.67 Å². The Morgan fingerprint density at radius 1 is 1.50 bits per heavy atom. The van der Waals surface area contributed by atoms with Crippen LogP contribution in [0.1, 0.15) is 6.92 Å². The van der Waals surface area contributed by atoms with Crippen molar-refractivity contribution in [3.05, 3.63) is 12.4 Å². The number of hydrogen-bond donors (Lipinski definition) is 0. The van der Waals surface area contributed by atoms with Gasteiger partial charge < -0.3 is 4.90 Å². The topological polar surface area (TPSA) is 15.7 Å². The van der Waals surface area contributed by atoms with Crippen LogP contribution in [0.15, 0.2) is 12.4 Å². The van der Waals surface area contributed by atoms with Crippen LogP contribution in [0.2, 0.25) is 0 Å². The van der Waals surface area contributed by atoms with Crippen LogP contribution < -0.4 is 0 Å². The van der Waals surface area contributed by atoms with Crippen molar-refractivity contribution in [2.24, 2.45) is 0 Å². The molecular formula is C6H13ClN2O. The number of hydrogen-bond acceptors (Lipinski definition) is 3. The van der Waals surface area contributed by atoms with E-state index in [0.717, 1.165) is 13.3 Å². The molecule has 0 fully saturated rings. The average Bonchev–Trinajstić information content (AvgIpc) is 2.17. The van der Waals surface area contributed by atoms with Gasteiger partial charge in [-0.1, -0.05) is 0 Å². The molecule has 0 bridgehead atoms. The zero-order valence-corrected chi connectivity index (χ0v) is 7.10. The molecule has 3 nitrogen and oxygen atoms in total. The van der Waals surface area contributed by atoms with Crippen LogP contribution in [-0.2, 0) is 4.84 Å². The third kappa shape index (κ3) is 2.45. The zero-order valence-electron chi connectivity index (χ0n) is 6.28. The molecule has 60 valence electrons. The summed E-state index contributed by atoms with van der Waals surface area (Å²) in [5.41, 5.74) is 0. The van der Waals surface area contributed by atoms with Crippen LogP contribution in [0.4, 0.5) is 0 Å². The summed E-state index contributed by atoms with van der Waals surface area (Å²) in [6.45, 7) is 3.55. The highest BCUT2D eigenvalue weighted by atomic mass is 35.5. The molecule has 0 aromatic rings. The predicted molar refractivity (Wildman–Crippen MR) is 42.5 cm³/mol. The van der Waals surface area contributed by atoms with Gasteiger partial charge >= 0.3 is 0 Å². The monoisotopic (exact) mass is 164 g/mol. The van der Waals surface area contributed by atoms with Gasteiger partial charge in [-0.3, -0.25) is 4.84 Å². The number of halogens is 1. The second-order valence-electron chi connectivity index (χ2n) is 2.03. The first-order valence-electron chi connectivity index (χ1n) is 3.11. The standard InChI is InChI=1S/C6H12N2O.ClH/c1-3-9-8-5-4-7(2)6-8;/h4-5H,3,6H2,1-2H3;1H. The van der Waals surface area contributed by atoms with Gasteiger partial charge in [0.25, 0.3) is 0 Å². The van der Waals surface area contributed by atoms with Crippen molar-refractivity contribution in [2.75, 3.05) is 20.3 Å². The van der Waals surface area contributed by atoms with Crippen LogP contribution >= 0.6 is 12.4 Å². The van der Waals surface area contributed by atoms with E-state index in [9.17, 15) is 0 Å². The van der Waals surface area contributed by atoms with Gasteiger partial charge in [-0.25, -0.2) is 5.06 Å². The van der Waals surface area contributed by atoms with Crippen molar-refractivity contribution in [3.8, 4) is 0 Å². The molecule has 1 heterocycles. The molecule has 0 aromatic heterocycles. The fourth-order valence-corrected chi connectivity index (χ4v) is 0.752. The zero-order chi connectivity index (χ0) is 6.69. The average molecular weight is 165 g/mol. The molecule has 0 N–H and O–H groups in total. The normalized spacial score (nSPS) is 15.8. The van der Waals surface area contributed by atoms with E-state index in [1.807, 2.05) is 26.4 Å². The highest BCUT2D eigenvalue weighted by molar-refractivity contribution is 5.85. The van der Waals surface area contributed by atoms with Crippen molar-refractivity contribution >= 4 is 12.4 Å². The Morgan fingerprint density at radius 2 is 2.20 bits per heavy atom. The fourth-order valence-electron chi connectivity index (χ4n) is 0.752. The summed E-state index contributed by atoms with van der Waals surface area (Å²) in [4.78, 5) is 7.23. The maximum Gasteiger partial charge on any atom is 0.115 e. The first-order valence-corrected chi connectivity index (χ1v) is 3.11. The van der Waals surface area contributed by atoms with E-state index >= 15 is 0 Å². The lowest BCUT2D eigenvalue weighted by Crippen LogP contribution is -2.22. The number of rotatable bonds is 2. The van der Waals surface area contributed by atoms with E-state index in [4.69, 9.17) is 4.84 Å². The summed E-state index contributed by atoms with van der Waals surface area (Å²) in [5, 5.41) is 1.81. The Kier molecular flexibility index (Phi) is 4.23. The Balaban J connectivity index is 0.000000810. The number of hydroxylamine groups is 2. The summed E-state index contributed by atoms with van der Waals surface area (Å²) in [6.07, 6.45) is 3.90. The van der Waals surface area contributed by atoms with Crippen molar-refractivity contribution in [1.29, 1.82) is 0 Å². The summed E-state index contributed by atoms with van der Waals surface area (Å²) in [6, 6.07) is 0. The predicted octanol–water partition coefficient (Wildman–Crippen LogP) is 1.04. The Morgan fingerprint density at radius 3 is 2.60 bits per heavy atom. The Hall–Kier alpha value is -0.410. The summed E-state index contributed by atoms with van der Waals surface area (Å²) >= 11 is 0. The minimum Gasteiger partial charge on any atom is -0.360 e. The Labute approximate surface area is 67.6 Å². The van der Waals surface area contributed by atoms with E-state index < -0.39 is 0 Å². The fraction of sp³-hybridized carbons (Fsp3) is 0.667. The molecule has 1 aliphatic rings. The first kappa shape index (κ1) is 9.59. The first-order chi connectivity index (χ1) is 4.33. The molecule has 10 heavy (non-hydrogen) atoms. The molecular weight excluding hydrogens is 152 g/mol. The maximum atomic E-state index is 5.18. The summed E-state index contributed by atoms with van der Waals surface area (Å²) in [5.74, 6) is 0. The van der Waals surface area contributed by atoms with Crippen LogP contribution in [0.5, 0.6) is 0 Å². The summed E-state index contributed by atoms with van der Waals surface area (Å²) < 4.78 is 0. The minimum atomic E-state index is 0. The summed E-state index contributed by atoms with van der Waals surface area (Å²) in [7, 11) is 2.01. The second kappa shape index (κ2) is 4.41. The second-order valence-corrected chi connectivity index (χ2v) is 2.03. The lowest BCUT2D eigenvalue weighted by atomic mass is 10.9. The lowest BCUT2D eigenvalue weighted by molar-refractivity contribution is -0.121. The molecule has 0 amide bonds. The quantitative estimate of drug-likeness (QED) is 0.607. The van der Waals surface area contributed by atoms with Crippen LogP contribution in [0.3, 0.4) is 0 Å². The third-order valence-electron chi connectivity index (χ3n) is 1.14. The van der Waals surface area contributed by atoms with Crippen LogP contribution in [0.25, 0.3) is 0 Å². The van der Waals surface area contributed by atoms with E-state index in [1.54, 1.807) is 5.06 Å². The van der Waals surface area contributed by atoms with Crippen molar-refractivity contribution < 1.29 is 4.84 Å². The lowest BCUT2D eigenvalue weighted by Gasteiger charge is -2.15. The SMILES string of the molecule is CCON1C=CN(C)C1.Cl. The molecule has 1 rings (SSSR count). The van der Waals surface area contributed by atoms with E-state index in [2.05, 4.69) is 4.90 Å². The van der Waals surface area contributed by atoms with Crippen molar-refractivity contribution in [3.63, 3.8) is 0 Å². The van der Waals surface area contributed by atoms with Gasteiger partial charge in [-0.05, 0) is 6.92 Å². The van der Waals surface area contributed by atoms with Gasteiger partial charge in [-0.15, -0.1) is 12.4 Å². The molecule has 0 saturated heterocycles. The largest absolute Gasteiger partial charge is 0.360 e. The molecule has 0 atom stereocenters. The molecule has 0 saturated carbocycles. The van der Waals surface area contributed by atoms with Crippen LogP contribution in [-0.4, -0.2) is 30.3 Å². The van der Waals surface area contributed by atoms with E-state index in [1.165, 1.54) is 0 Å². The van der Waals surface area contributed by atoms with Gasteiger partial charge in [-0.2, -0.15) is 0 Å². The molecule has 0 radical (unpaired) electrons. The molecule has 0 unspecified atom stereocenters.